The molecule has 0 aliphatic heterocycles. The molecule has 2 aromatic rings. The topological polar surface area (TPSA) is 0 Å². The molecule has 2 aliphatic rings. The Bertz CT molecular complexity index is 1020. The van der Waals surface area contributed by atoms with E-state index in [1.54, 1.807) is 12.1 Å². The summed E-state index contributed by atoms with van der Waals surface area (Å²) in [6.07, 6.45) is 3.40. The molecule has 0 fully saturated rings. The van der Waals surface area contributed by atoms with Gasteiger partial charge in [-0.1, -0.05) is 131 Å². The summed E-state index contributed by atoms with van der Waals surface area (Å²) in [6, 6.07) is 15.0. The Balaban J connectivity index is -0.000000251. The van der Waals surface area contributed by atoms with Gasteiger partial charge in [0.1, 0.15) is 0 Å². The molecule has 0 atom stereocenters. The fraction of sp³-hybridized carbons (Fsp3) is 0.564. The normalized spacial score (nSPS) is 14.5. The molecule has 0 aromatic heterocycles. The molecule has 4 rings (SSSR count). The summed E-state index contributed by atoms with van der Waals surface area (Å²) in [5.74, 6) is 4.39. The monoisotopic (exact) mass is 692 g/mol. The second-order valence-electron chi connectivity index (χ2n) is 11.6. The van der Waals surface area contributed by atoms with Crippen LogP contribution in [0.1, 0.15) is 131 Å². The zero-order valence-corrected chi connectivity index (χ0v) is 32.6. The van der Waals surface area contributed by atoms with Crippen molar-refractivity contribution in [3.63, 3.8) is 0 Å². The van der Waals surface area contributed by atoms with Crippen LogP contribution in [0, 0.1) is 42.4 Å². The molecular weight excluding hydrogens is 633 g/mol. The molecule has 5 heteroatoms. The molecule has 0 heterocycles. The smallest absolute Gasteiger partial charge is 0.308 e. The van der Waals surface area contributed by atoms with Crippen LogP contribution in [-0.2, 0) is 45.6 Å². The molecule has 0 saturated heterocycles. The first-order valence-corrected chi connectivity index (χ1v) is 15.6. The van der Waals surface area contributed by atoms with Crippen LogP contribution < -0.4 is 0 Å². The van der Waals surface area contributed by atoms with Crippen LogP contribution >= 0.6 is 0 Å². The molecule has 247 valence electrons. The number of benzene rings is 2. The Morgan fingerprint density at radius 2 is 0.955 bits per heavy atom. The van der Waals surface area contributed by atoms with Crippen molar-refractivity contribution in [3.05, 3.63) is 78.2 Å². The van der Waals surface area contributed by atoms with Crippen LogP contribution in [0.4, 0.5) is 17.6 Å². The Kier molecular flexibility index (Phi) is 29.8. The first kappa shape index (κ1) is 49.3. The van der Waals surface area contributed by atoms with E-state index in [1.165, 1.54) is 6.42 Å². The minimum atomic E-state index is -2.81. The van der Waals surface area contributed by atoms with Gasteiger partial charge in [-0.25, -0.2) is 0 Å². The van der Waals surface area contributed by atoms with Crippen molar-refractivity contribution in [3.8, 4) is 23.7 Å². The Hall–Kier alpha value is -1.62. The van der Waals surface area contributed by atoms with Gasteiger partial charge in [0.05, 0.1) is 0 Å². The van der Waals surface area contributed by atoms with Crippen molar-refractivity contribution in [1.29, 1.82) is 0 Å². The number of alkyl halides is 4. The number of fused-ring (bicyclic) bond motifs is 2. The van der Waals surface area contributed by atoms with Crippen LogP contribution in [0.2, 0.25) is 0 Å². The van der Waals surface area contributed by atoms with Crippen LogP contribution in [0.15, 0.2) is 48.5 Å². The number of aryl methyl sites for hydroxylation is 2. The quantitative estimate of drug-likeness (QED) is 0.146. The minimum Gasteiger partial charge on any atom is -0.358 e. The van der Waals surface area contributed by atoms with Crippen molar-refractivity contribution in [2.75, 3.05) is 0 Å². The van der Waals surface area contributed by atoms with Gasteiger partial charge in [-0.05, 0) is 72.1 Å². The van der Waals surface area contributed by atoms with Crippen LogP contribution in [0.3, 0.4) is 0 Å². The summed E-state index contributed by atoms with van der Waals surface area (Å²) in [6.45, 7) is 23.4. The average Bonchev–Trinajstić information content (AvgIpc) is 2.92. The van der Waals surface area contributed by atoms with E-state index in [4.69, 9.17) is 0 Å². The first-order chi connectivity index (χ1) is 19.6. The summed E-state index contributed by atoms with van der Waals surface area (Å²) in [7, 11) is 0. The molecule has 0 spiro atoms. The predicted octanol–water partition coefficient (Wildman–Crippen LogP) is 12.6. The molecule has 1 radical (unpaired) electrons. The molecule has 2 aliphatic carbocycles. The van der Waals surface area contributed by atoms with Crippen molar-refractivity contribution in [2.24, 2.45) is 11.3 Å². The fourth-order valence-electron chi connectivity index (χ4n) is 3.16. The molecule has 0 unspecified atom stereocenters. The van der Waals surface area contributed by atoms with Crippen LogP contribution in [0.25, 0.3) is 0 Å². The van der Waals surface area contributed by atoms with Crippen LogP contribution in [0.5, 0.6) is 0 Å². The molecule has 0 amide bonds. The van der Waals surface area contributed by atoms with Gasteiger partial charge in [0.2, 0.25) is 0 Å². The zero-order valence-electron chi connectivity index (χ0n) is 29.7. The number of rotatable bonds is 0. The SMILES string of the molecule is CC.CC.CC(C)C.CCC(C)(C)C.FC1(F)C#Cc2ccccc2CCC1.FC1(F)C#Cc2ccccc2CCC1.[CH3-].[Y]. The molecular formula is C39H59F4Y-. The summed E-state index contributed by atoms with van der Waals surface area (Å²) >= 11 is 0. The van der Waals surface area contributed by atoms with Crippen molar-refractivity contribution in [2.45, 2.75) is 133 Å². The van der Waals surface area contributed by atoms with Crippen molar-refractivity contribution >= 4 is 0 Å². The van der Waals surface area contributed by atoms with Crippen LogP contribution in [-0.4, -0.2) is 11.8 Å². The molecule has 2 aromatic carbocycles. The average molecular weight is 693 g/mol. The third-order valence-corrected chi connectivity index (χ3v) is 5.73. The van der Waals surface area contributed by atoms with Gasteiger partial charge in [0, 0.05) is 56.7 Å². The second-order valence-corrected chi connectivity index (χ2v) is 11.6. The van der Waals surface area contributed by atoms with E-state index >= 15 is 0 Å². The Morgan fingerprint density at radius 3 is 1.23 bits per heavy atom. The Labute approximate surface area is 294 Å². The third-order valence-electron chi connectivity index (χ3n) is 5.73. The van der Waals surface area contributed by atoms with E-state index in [-0.39, 0.29) is 53.0 Å². The maximum atomic E-state index is 13.0. The van der Waals surface area contributed by atoms with Gasteiger partial charge >= 0.3 is 11.8 Å². The van der Waals surface area contributed by atoms with E-state index < -0.39 is 11.8 Å². The van der Waals surface area contributed by atoms with E-state index in [2.05, 4.69) is 60.3 Å². The van der Waals surface area contributed by atoms with Gasteiger partial charge in [0.15, 0.2) is 0 Å². The van der Waals surface area contributed by atoms with E-state index in [0.29, 0.717) is 31.1 Å². The molecule has 0 nitrogen and oxygen atoms in total. The van der Waals surface area contributed by atoms with Crippen molar-refractivity contribution < 1.29 is 50.3 Å². The number of hydrogen-bond donors (Lipinski definition) is 0. The largest absolute Gasteiger partial charge is 0.358 e. The third kappa shape index (κ3) is 25.7. The van der Waals surface area contributed by atoms with Gasteiger partial charge in [0.25, 0.3) is 0 Å². The predicted molar refractivity (Wildman–Crippen MR) is 182 cm³/mol. The summed E-state index contributed by atoms with van der Waals surface area (Å²) in [4.78, 5) is 0. The van der Waals surface area contributed by atoms with Gasteiger partial charge in [-0.3, -0.25) is 0 Å². The van der Waals surface area contributed by atoms with Gasteiger partial charge < -0.3 is 7.43 Å². The standard InChI is InChI=1S/2C12H10F2.C6H14.C4H10.2C2H6.CH3.Y/c2*13-12(14)8-3-6-10-4-1-2-5-11(10)7-9-12;1-5-6(2,3)4;1-4(2)3;2*1-2;;/h2*1-2,4-5H,3,6,8H2;5H2,1-4H3;4H,1-3H3;2*1-2H3;1H3;/q;;;;;;-1;. The van der Waals surface area contributed by atoms with Gasteiger partial charge in [-0.2, -0.15) is 17.6 Å². The zero-order chi connectivity index (χ0) is 32.8. The molecule has 0 saturated carbocycles. The maximum absolute atomic E-state index is 13.0. The van der Waals surface area contributed by atoms with E-state index in [0.717, 1.165) is 28.2 Å². The molecule has 0 N–H and O–H groups in total. The Morgan fingerprint density at radius 1 is 0.682 bits per heavy atom. The van der Waals surface area contributed by atoms with E-state index in [1.807, 2.05) is 75.9 Å². The summed E-state index contributed by atoms with van der Waals surface area (Å²) < 4.78 is 51.9. The second kappa shape index (κ2) is 26.6. The first-order valence-electron chi connectivity index (χ1n) is 15.6. The van der Waals surface area contributed by atoms with Crippen molar-refractivity contribution in [1.82, 2.24) is 0 Å². The number of hydrogen-bond acceptors (Lipinski definition) is 0. The fourth-order valence-corrected chi connectivity index (χ4v) is 3.16. The maximum Gasteiger partial charge on any atom is 0.308 e. The molecule has 0 bridgehead atoms. The summed E-state index contributed by atoms with van der Waals surface area (Å²) in [5, 5.41) is 0. The summed E-state index contributed by atoms with van der Waals surface area (Å²) in [5.41, 5.74) is 4.18. The minimum absolute atomic E-state index is 0. The van der Waals surface area contributed by atoms with Gasteiger partial charge in [-0.15, -0.1) is 0 Å². The van der Waals surface area contributed by atoms with E-state index in [9.17, 15) is 17.6 Å². The number of halogens is 4. The molecule has 44 heavy (non-hydrogen) atoms.